The van der Waals surface area contributed by atoms with Gasteiger partial charge >= 0.3 is 0 Å². The van der Waals surface area contributed by atoms with Crippen LogP contribution in [0.5, 0.6) is 0 Å². The number of nitrogens with one attached hydrogen (secondary N) is 1. The molecular weight excluding hydrogens is 324 g/mol. The highest BCUT2D eigenvalue weighted by Crippen LogP contribution is 2.32. The Morgan fingerprint density at radius 1 is 1.31 bits per heavy atom. The van der Waals surface area contributed by atoms with Crippen LogP contribution < -0.4 is 5.32 Å². The van der Waals surface area contributed by atoms with E-state index in [-0.39, 0.29) is 5.91 Å². The second-order valence-corrected chi connectivity index (χ2v) is 7.27. The highest BCUT2D eigenvalue weighted by molar-refractivity contribution is 5.91. The van der Waals surface area contributed by atoms with Crippen LogP contribution in [0.25, 0.3) is 6.08 Å². The van der Waals surface area contributed by atoms with Crippen molar-refractivity contribution in [3.05, 3.63) is 47.8 Å². The van der Waals surface area contributed by atoms with Crippen LogP contribution in [-0.2, 0) is 11.3 Å². The summed E-state index contributed by atoms with van der Waals surface area (Å²) in [6.07, 6.45) is 16.6. The third-order valence-electron chi connectivity index (χ3n) is 5.33. The molecule has 0 aliphatic heterocycles. The van der Waals surface area contributed by atoms with E-state index in [0.29, 0.717) is 12.6 Å². The zero-order chi connectivity index (χ0) is 18.4. The molecule has 1 fully saturated rings. The number of aromatic nitrogens is 3. The fourth-order valence-corrected chi connectivity index (χ4v) is 3.99. The molecule has 3 rings (SSSR count). The van der Waals surface area contributed by atoms with Crippen molar-refractivity contribution in [2.45, 2.75) is 65.0 Å². The highest BCUT2D eigenvalue weighted by atomic mass is 16.1. The molecule has 5 nitrogen and oxygen atoms in total. The lowest BCUT2D eigenvalue weighted by Gasteiger charge is -2.26. The molecule has 2 aromatic rings. The summed E-state index contributed by atoms with van der Waals surface area (Å²) in [4.78, 5) is 16.1. The summed E-state index contributed by atoms with van der Waals surface area (Å²) >= 11 is 0. The Hall–Kier alpha value is -2.30. The molecule has 0 bridgehead atoms. The second-order valence-electron chi connectivity index (χ2n) is 7.27. The third-order valence-corrected chi connectivity index (χ3v) is 5.33. The van der Waals surface area contributed by atoms with Gasteiger partial charge in [-0.25, -0.2) is 4.98 Å². The molecule has 1 saturated carbocycles. The Morgan fingerprint density at radius 2 is 2.12 bits per heavy atom. The van der Waals surface area contributed by atoms with E-state index in [9.17, 15) is 4.79 Å². The predicted octanol–water partition coefficient (Wildman–Crippen LogP) is 4.03. The topological polar surface area (TPSA) is 51.9 Å². The van der Waals surface area contributed by atoms with Crippen LogP contribution in [-0.4, -0.2) is 26.6 Å². The Morgan fingerprint density at radius 3 is 2.85 bits per heavy atom. The smallest absolute Gasteiger partial charge is 0.244 e. The first-order valence-corrected chi connectivity index (χ1v) is 9.75. The van der Waals surface area contributed by atoms with Crippen LogP contribution >= 0.6 is 0 Å². The fraction of sp³-hybridized carbons (Fsp3) is 0.524. The monoisotopic (exact) mass is 354 g/mol. The van der Waals surface area contributed by atoms with Crippen LogP contribution in [0.2, 0.25) is 0 Å². The minimum Gasteiger partial charge on any atom is -0.352 e. The van der Waals surface area contributed by atoms with Crippen molar-refractivity contribution in [3.8, 4) is 0 Å². The fourth-order valence-electron chi connectivity index (χ4n) is 3.99. The van der Waals surface area contributed by atoms with Gasteiger partial charge in [-0.15, -0.1) is 0 Å². The highest BCUT2D eigenvalue weighted by Gasteiger charge is 2.19. The van der Waals surface area contributed by atoms with Crippen LogP contribution in [0.15, 0.2) is 30.9 Å². The number of nitrogens with zero attached hydrogens (tertiary/aromatic N) is 3. The molecule has 2 heterocycles. The van der Waals surface area contributed by atoms with E-state index in [0.717, 1.165) is 18.5 Å². The first-order chi connectivity index (χ1) is 12.6. The minimum atomic E-state index is -0.0295. The molecule has 0 spiro atoms. The molecule has 0 atom stereocenters. The third kappa shape index (κ3) is 4.65. The van der Waals surface area contributed by atoms with Gasteiger partial charge in [0, 0.05) is 49.0 Å². The van der Waals surface area contributed by atoms with Crippen LogP contribution in [0.3, 0.4) is 0 Å². The number of carbonyl (C=O) groups excluding carboxylic acids is 1. The van der Waals surface area contributed by atoms with Gasteiger partial charge in [0.1, 0.15) is 0 Å². The Kier molecular flexibility index (Phi) is 6.31. The molecule has 2 aromatic heterocycles. The van der Waals surface area contributed by atoms with Gasteiger partial charge in [-0.2, -0.15) is 0 Å². The second kappa shape index (κ2) is 8.88. The molecule has 26 heavy (non-hydrogen) atoms. The molecular formula is C21H30N4O. The van der Waals surface area contributed by atoms with Crippen molar-refractivity contribution in [1.82, 2.24) is 19.4 Å². The van der Waals surface area contributed by atoms with Gasteiger partial charge in [0.25, 0.3) is 0 Å². The van der Waals surface area contributed by atoms with E-state index in [1.54, 1.807) is 18.6 Å². The van der Waals surface area contributed by atoms with E-state index < -0.39 is 0 Å². The summed E-state index contributed by atoms with van der Waals surface area (Å²) in [5, 5.41) is 2.95. The van der Waals surface area contributed by atoms with Gasteiger partial charge in [-0.3, -0.25) is 4.79 Å². The Labute approximate surface area is 156 Å². The SMILES string of the molecule is Cc1cc(C=CC(=O)NCCCn2ccnc2)c(C)n1C1CCCCC1. The number of imidazole rings is 1. The van der Waals surface area contributed by atoms with Gasteiger partial charge in [-0.1, -0.05) is 19.3 Å². The van der Waals surface area contributed by atoms with Crippen LogP contribution in [0.1, 0.15) is 61.5 Å². The first kappa shape index (κ1) is 18.5. The van der Waals surface area contributed by atoms with Crippen molar-refractivity contribution in [2.75, 3.05) is 6.54 Å². The summed E-state index contributed by atoms with van der Waals surface area (Å²) in [5.41, 5.74) is 3.73. The minimum absolute atomic E-state index is 0.0295. The van der Waals surface area contributed by atoms with E-state index in [1.807, 2.05) is 16.8 Å². The molecule has 0 aromatic carbocycles. The summed E-state index contributed by atoms with van der Waals surface area (Å²) < 4.78 is 4.49. The lowest BCUT2D eigenvalue weighted by Crippen LogP contribution is -2.23. The normalized spacial score (nSPS) is 15.6. The number of hydrogen-bond donors (Lipinski definition) is 1. The maximum atomic E-state index is 12.1. The Balaban J connectivity index is 1.51. The van der Waals surface area contributed by atoms with Gasteiger partial charge in [0.2, 0.25) is 5.91 Å². The molecule has 140 valence electrons. The van der Waals surface area contributed by atoms with E-state index in [1.165, 1.54) is 43.5 Å². The van der Waals surface area contributed by atoms with Crippen molar-refractivity contribution in [1.29, 1.82) is 0 Å². The quantitative estimate of drug-likeness (QED) is 0.603. The van der Waals surface area contributed by atoms with Crippen molar-refractivity contribution in [2.24, 2.45) is 0 Å². The number of rotatable bonds is 7. The average Bonchev–Trinajstić information content (AvgIpc) is 3.25. The lowest BCUT2D eigenvalue weighted by atomic mass is 9.95. The van der Waals surface area contributed by atoms with Gasteiger partial charge in [-0.05, 0) is 50.8 Å². The first-order valence-electron chi connectivity index (χ1n) is 9.75. The molecule has 0 unspecified atom stereocenters. The largest absolute Gasteiger partial charge is 0.352 e. The lowest BCUT2D eigenvalue weighted by molar-refractivity contribution is -0.116. The van der Waals surface area contributed by atoms with E-state index >= 15 is 0 Å². The molecule has 5 heteroatoms. The number of amides is 1. The van der Waals surface area contributed by atoms with E-state index in [2.05, 4.69) is 34.8 Å². The summed E-state index contributed by atoms with van der Waals surface area (Å²) in [7, 11) is 0. The molecule has 1 amide bonds. The van der Waals surface area contributed by atoms with Crippen LogP contribution in [0, 0.1) is 13.8 Å². The summed E-state index contributed by atoms with van der Waals surface area (Å²) in [5.74, 6) is -0.0295. The molecule has 0 saturated heterocycles. The van der Waals surface area contributed by atoms with Gasteiger partial charge in [0.15, 0.2) is 0 Å². The average molecular weight is 354 g/mol. The van der Waals surface area contributed by atoms with Crippen molar-refractivity contribution >= 4 is 12.0 Å². The molecule has 1 N–H and O–H groups in total. The zero-order valence-electron chi connectivity index (χ0n) is 15.9. The number of hydrogen-bond acceptors (Lipinski definition) is 2. The predicted molar refractivity (Wildman–Crippen MR) is 105 cm³/mol. The van der Waals surface area contributed by atoms with E-state index in [4.69, 9.17) is 0 Å². The zero-order valence-corrected chi connectivity index (χ0v) is 15.9. The maximum Gasteiger partial charge on any atom is 0.244 e. The maximum absolute atomic E-state index is 12.1. The Bertz CT molecular complexity index is 736. The number of aryl methyl sites for hydroxylation is 2. The van der Waals surface area contributed by atoms with Crippen LogP contribution in [0.4, 0.5) is 0 Å². The van der Waals surface area contributed by atoms with Crippen molar-refractivity contribution in [3.63, 3.8) is 0 Å². The molecule has 1 aliphatic rings. The van der Waals surface area contributed by atoms with Gasteiger partial charge < -0.3 is 14.5 Å². The van der Waals surface area contributed by atoms with Gasteiger partial charge in [0.05, 0.1) is 6.33 Å². The molecule has 1 aliphatic carbocycles. The summed E-state index contributed by atoms with van der Waals surface area (Å²) in [6.45, 7) is 5.88. The number of carbonyl (C=O) groups is 1. The van der Waals surface area contributed by atoms with Crippen molar-refractivity contribution < 1.29 is 4.79 Å². The molecule has 0 radical (unpaired) electrons. The summed E-state index contributed by atoms with van der Waals surface area (Å²) in [6, 6.07) is 2.83. The standard InChI is InChI=1S/C21H30N4O/c1-17-15-19(18(2)25(17)20-7-4-3-5-8-20)9-10-21(26)23-11-6-13-24-14-12-22-16-24/h9-10,12,14-16,20H,3-8,11,13H2,1-2H3,(H,23,26).